The number of benzene rings is 2. The minimum absolute atomic E-state index is 0.0661. The van der Waals surface area contributed by atoms with Gasteiger partial charge in [-0.2, -0.15) is 0 Å². The van der Waals surface area contributed by atoms with Gasteiger partial charge in [0.1, 0.15) is 0 Å². The Morgan fingerprint density at radius 2 is 1.74 bits per heavy atom. The maximum atomic E-state index is 12.0. The maximum Gasteiger partial charge on any atom is 0.337 e. The van der Waals surface area contributed by atoms with Crippen LogP contribution in [0.1, 0.15) is 28.1 Å². The van der Waals surface area contributed by atoms with Crippen molar-refractivity contribution in [2.75, 3.05) is 18.2 Å². The minimum atomic E-state index is -0.393. The molecule has 0 radical (unpaired) electrons. The highest BCUT2D eigenvalue weighted by molar-refractivity contribution is 8.00. The normalized spacial score (nSPS) is 11.6. The summed E-state index contributed by atoms with van der Waals surface area (Å²) in [5.41, 5.74) is 2.32. The number of anilines is 1. The zero-order valence-corrected chi connectivity index (χ0v) is 13.9. The fourth-order valence-corrected chi connectivity index (χ4v) is 2.85. The molecule has 23 heavy (non-hydrogen) atoms. The molecule has 1 N–H and O–H groups in total. The van der Waals surface area contributed by atoms with Crippen molar-refractivity contribution in [3.63, 3.8) is 0 Å². The first-order valence-electron chi connectivity index (χ1n) is 7.25. The number of rotatable bonds is 6. The fraction of sp³-hybridized carbons (Fsp3) is 0.222. The molecule has 2 aromatic carbocycles. The molecular formula is C18H19NO3S. The van der Waals surface area contributed by atoms with Gasteiger partial charge in [-0.15, -0.1) is 11.8 Å². The van der Waals surface area contributed by atoms with Gasteiger partial charge in [0.05, 0.1) is 18.4 Å². The van der Waals surface area contributed by atoms with Gasteiger partial charge >= 0.3 is 5.97 Å². The molecule has 1 atom stereocenters. The van der Waals surface area contributed by atoms with E-state index in [0.717, 1.165) is 0 Å². The summed E-state index contributed by atoms with van der Waals surface area (Å²) in [5, 5.41) is 3.07. The van der Waals surface area contributed by atoms with E-state index in [1.807, 2.05) is 18.2 Å². The lowest BCUT2D eigenvalue weighted by Crippen LogP contribution is -2.14. The summed E-state index contributed by atoms with van der Waals surface area (Å²) < 4.78 is 4.63. The van der Waals surface area contributed by atoms with Crippen LogP contribution in [0.4, 0.5) is 5.69 Å². The molecule has 0 aliphatic heterocycles. The van der Waals surface area contributed by atoms with Gasteiger partial charge in [-0.1, -0.05) is 30.3 Å². The summed E-state index contributed by atoms with van der Waals surface area (Å²) in [6.07, 6.45) is 0. The quantitative estimate of drug-likeness (QED) is 0.817. The van der Waals surface area contributed by atoms with Crippen LogP contribution in [0.3, 0.4) is 0 Å². The number of ether oxygens (including phenoxy) is 1. The Bertz CT molecular complexity index is 656. The Labute approximate surface area is 140 Å². The molecule has 1 amide bonds. The highest BCUT2D eigenvalue weighted by Crippen LogP contribution is 2.27. The number of nitrogens with one attached hydrogen (secondary N) is 1. The van der Waals surface area contributed by atoms with E-state index < -0.39 is 5.97 Å². The first-order valence-corrected chi connectivity index (χ1v) is 8.30. The Balaban J connectivity index is 1.84. The molecule has 5 heteroatoms. The third-order valence-corrected chi connectivity index (χ3v) is 4.52. The van der Waals surface area contributed by atoms with Crippen molar-refractivity contribution >= 4 is 29.3 Å². The number of esters is 1. The zero-order chi connectivity index (χ0) is 16.7. The minimum Gasteiger partial charge on any atom is -0.465 e. The molecule has 0 saturated carbocycles. The smallest absolute Gasteiger partial charge is 0.337 e. The molecule has 0 saturated heterocycles. The van der Waals surface area contributed by atoms with Crippen LogP contribution in [0, 0.1) is 0 Å². The van der Waals surface area contributed by atoms with E-state index in [4.69, 9.17) is 0 Å². The summed E-state index contributed by atoms with van der Waals surface area (Å²) in [6, 6.07) is 16.7. The number of hydrogen-bond donors (Lipinski definition) is 1. The monoisotopic (exact) mass is 329 g/mol. The topological polar surface area (TPSA) is 55.4 Å². The molecule has 0 spiro atoms. The van der Waals surface area contributed by atoms with Crippen LogP contribution in [0.5, 0.6) is 0 Å². The molecule has 4 nitrogen and oxygen atoms in total. The van der Waals surface area contributed by atoms with Crippen molar-refractivity contribution in [1.29, 1.82) is 0 Å². The first-order chi connectivity index (χ1) is 11.1. The second-order valence-corrected chi connectivity index (χ2v) is 6.31. The third-order valence-electron chi connectivity index (χ3n) is 3.32. The van der Waals surface area contributed by atoms with Crippen molar-refractivity contribution in [2.24, 2.45) is 0 Å². The average molecular weight is 329 g/mol. The standard InChI is InChI=1S/C18H19NO3S/c1-13(14-6-4-3-5-7-14)23-12-17(20)19-16-10-8-15(9-11-16)18(21)22-2/h3-11,13H,12H2,1-2H3,(H,19,20). The van der Waals surface area contributed by atoms with E-state index in [1.165, 1.54) is 12.7 Å². The van der Waals surface area contributed by atoms with Gasteiger partial charge in [-0.05, 0) is 36.8 Å². The molecule has 0 heterocycles. The molecular weight excluding hydrogens is 310 g/mol. The Kier molecular flexibility index (Phi) is 6.23. The Hall–Kier alpha value is -2.27. The van der Waals surface area contributed by atoms with Crippen LogP contribution in [0.25, 0.3) is 0 Å². The molecule has 120 valence electrons. The molecule has 0 bridgehead atoms. The van der Waals surface area contributed by atoms with Crippen molar-refractivity contribution < 1.29 is 14.3 Å². The van der Waals surface area contributed by atoms with Gasteiger partial charge in [0.25, 0.3) is 0 Å². The van der Waals surface area contributed by atoms with Crippen LogP contribution in [0.15, 0.2) is 54.6 Å². The summed E-state index contributed by atoms with van der Waals surface area (Å²) in [5.74, 6) is -0.0897. The first kappa shape index (κ1) is 17.1. The predicted molar refractivity (Wildman–Crippen MR) is 93.7 cm³/mol. The highest BCUT2D eigenvalue weighted by atomic mass is 32.2. The summed E-state index contributed by atoms with van der Waals surface area (Å²) >= 11 is 1.58. The van der Waals surface area contributed by atoms with Crippen molar-refractivity contribution in [2.45, 2.75) is 12.2 Å². The molecule has 0 aliphatic carbocycles. The van der Waals surface area contributed by atoms with E-state index >= 15 is 0 Å². The van der Waals surface area contributed by atoms with Gasteiger partial charge in [0.2, 0.25) is 5.91 Å². The predicted octanol–water partition coefficient (Wildman–Crippen LogP) is 3.91. The summed E-state index contributed by atoms with van der Waals surface area (Å²) in [7, 11) is 1.34. The number of amides is 1. The van der Waals surface area contributed by atoms with Gasteiger partial charge in [0.15, 0.2) is 0 Å². The molecule has 2 aromatic rings. The van der Waals surface area contributed by atoms with E-state index in [-0.39, 0.29) is 11.2 Å². The molecule has 0 fully saturated rings. The molecule has 2 rings (SSSR count). The van der Waals surface area contributed by atoms with Crippen molar-refractivity contribution in [1.82, 2.24) is 0 Å². The van der Waals surface area contributed by atoms with E-state index in [2.05, 4.69) is 29.1 Å². The maximum absolute atomic E-state index is 12.0. The second kappa shape index (κ2) is 8.39. The lowest BCUT2D eigenvalue weighted by Gasteiger charge is -2.11. The van der Waals surface area contributed by atoms with E-state index in [9.17, 15) is 9.59 Å². The van der Waals surface area contributed by atoms with E-state index in [0.29, 0.717) is 17.0 Å². The van der Waals surface area contributed by atoms with Crippen LogP contribution in [-0.2, 0) is 9.53 Å². The largest absolute Gasteiger partial charge is 0.465 e. The lowest BCUT2D eigenvalue weighted by atomic mass is 10.2. The van der Waals surface area contributed by atoms with Crippen LogP contribution in [0.2, 0.25) is 0 Å². The van der Waals surface area contributed by atoms with Crippen LogP contribution >= 0.6 is 11.8 Å². The van der Waals surface area contributed by atoms with Gasteiger partial charge in [-0.3, -0.25) is 4.79 Å². The number of thioether (sulfide) groups is 1. The fourth-order valence-electron chi connectivity index (χ4n) is 2.03. The number of methoxy groups -OCH3 is 1. The average Bonchev–Trinajstić information content (AvgIpc) is 2.60. The highest BCUT2D eigenvalue weighted by Gasteiger charge is 2.10. The lowest BCUT2D eigenvalue weighted by molar-refractivity contribution is -0.113. The molecule has 0 aromatic heterocycles. The van der Waals surface area contributed by atoms with Crippen molar-refractivity contribution in [3.8, 4) is 0 Å². The van der Waals surface area contributed by atoms with Crippen LogP contribution in [-0.4, -0.2) is 24.7 Å². The van der Waals surface area contributed by atoms with Gasteiger partial charge in [0, 0.05) is 10.9 Å². The number of hydrogen-bond acceptors (Lipinski definition) is 4. The van der Waals surface area contributed by atoms with Crippen LogP contribution < -0.4 is 5.32 Å². The SMILES string of the molecule is COC(=O)c1ccc(NC(=O)CSC(C)c2ccccc2)cc1. The van der Waals surface area contributed by atoms with E-state index in [1.54, 1.807) is 36.0 Å². The van der Waals surface area contributed by atoms with Gasteiger partial charge in [-0.25, -0.2) is 4.79 Å². The number of carbonyl (C=O) groups excluding carboxylic acids is 2. The van der Waals surface area contributed by atoms with Gasteiger partial charge < -0.3 is 10.1 Å². The van der Waals surface area contributed by atoms with Crippen molar-refractivity contribution in [3.05, 3.63) is 65.7 Å². The second-order valence-electron chi connectivity index (χ2n) is 4.98. The molecule has 1 unspecified atom stereocenters. The Morgan fingerprint density at radius 1 is 1.09 bits per heavy atom. The summed E-state index contributed by atoms with van der Waals surface area (Å²) in [6.45, 7) is 2.08. The third kappa shape index (κ3) is 5.14. The zero-order valence-electron chi connectivity index (χ0n) is 13.1. The Morgan fingerprint density at radius 3 is 2.35 bits per heavy atom. The molecule has 0 aliphatic rings. The number of carbonyl (C=O) groups is 2. The summed E-state index contributed by atoms with van der Waals surface area (Å²) in [4.78, 5) is 23.3.